The average molecular weight is 295 g/mol. The van der Waals surface area contributed by atoms with Crippen LogP contribution in [-0.2, 0) is 13.6 Å². The third-order valence-electron chi connectivity index (χ3n) is 3.50. The second-order valence-corrected chi connectivity index (χ2v) is 4.93. The van der Waals surface area contributed by atoms with Crippen LogP contribution in [0.3, 0.4) is 0 Å². The van der Waals surface area contributed by atoms with E-state index in [1.165, 1.54) is 0 Å². The molecule has 21 heavy (non-hydrogen) atoms. The number of hydrogen-bond donors (Lipinski definition) is 1. The average Bonchev–Trinajstić information content (AvgIpc) is 2.77. The second-order valence-electron chi connectivity index (χ2n) is 4.93. The zero-order chi connectivity index (χ0) is 15.4. The first kappa shape index (κ1) is 15.4. The Morgan fingerprint density at radius 3 is 2.48 bits per heavy atom. The fourth-order valence-corrected chi connectivity index (χ4v) is 2.11. The van der Waals surface area contributed by atoms with Gasteiger partial charge in [-0.2, -0.15) is 13.9 Å². The fraction of sp³-hybridized carbons (Fsp3) is 0.400. The number of alkyl halides is 2. The molecule has 0 aliphatic rings. The molecule has 1 unspecified atom stereocenters. The van der Waals surface area contributed by atoms with E-state index >= 15 is 0 Å². The third kappa shape index (κ3) is 4.01. The van der Waals surface area contributed by atoms with E-state index in [0.29, 0.717) is 6.54 Å². The summed E-state index contributed by atoms with van der Waals surface area (Å²) in [6, 6.07) is 6.80. The number of nitrogens with zero attached hydrogens (tertiary/aromatic N) is 2. The van der Waals surface area contributed by atoms with E-state index < -0.39 is 6.61 Å². The van der Waals surface area contributed by atoms with Crippen molar-refractivity contribution in [2.75, 3.05) is 0 Å². The molecule has 0 fully saturated rings. The molecule has 0 amide bonds. The number of ether oxygens (including phenoxy) is 1. The van der Waals surface area contributed by atoms with Gasteiger partial charge in [-0.1, -0.05) is 12.1 Å². The lowest BCUT2D eigenvalue weighted by Gasteiger charge is -2.14. The molecule has 2 rings (SSSR count). The van der Waals surface area contributed by atoms with Crippen molar-refractivity contribution in [3.8, 4) is 5.75 Å². The molecule has 6 heteroatoms. The largest absolute Gasteiger partial charge is 0.435 e. The van der Waals surface area contributed by atoms with Crippen molar-refractivity contribution in [3.05, 3.63) is 47.3 Å². The second kappa shape index (κ2) is 6.67. The molecule has 1 heterocycles. The summed E-state index contributed by atoms with van der Waals surface area (Å²) in [6.07, 6.45) is 1.85. The van der Waals surface area contributed by atoms with Crippen LogP contribution in [-0.4, -0.2) is 16.4 Å². The van der Waals surface area contributed by atoms with E-state index in [9.17, 15) is 8.78 Å². The number of hydrogen-bond acceptors (Lipinski definition) is 3. The first-order valence-electron chi connectivity index (χ1n) is 6.73. The Morgan fingerprint density at radius 1 is 1.29 bits per heavy atom. The number of nitrogens with one attached hydrogen (secondary N) is 1. The van der Waals surface area contributed by atoms with Crippen molar-refractivity contribution in [2.45, 2.75) is 33.0 Å². The lowest BCUT2D eigenvalue weighted by Crippen LogP contribution is -2.18. The third-order valence-corrected chi connectivity index (χ3v) is 3.50. The van der Waals surface area contributed by atoms with Gasteiger partial charge in [0.1, 0.15) is 5.75 Å². The van der Waals surface area contributed by atoms with Crippen LogP contribution in [0.4, 0.5) is 8.78 Å². The van der Waals surface area contributed by atoms with Crippen LogP contribution < -0.4 is 10.1 Å². The van der Waals surface area contributed by atoms with Gasteiger partial charge in [-0.25, -0.2) is 0 Å². The Bertz CT molecular complexity index is 581. The van der Waals surface area contributed by atoms with E-state index in [1.54, 1.807) is 24.3 Å². The van der Waals surface area contributed by atoms with Crippen LogP contribution in [0.15, 0.2) is 30.5 Å². The molecule has 0 bridgehead atoms. The summed E-state index contributed by atoms with van der Waals surface area (Å²) in [5, 5.41) is 7.61. The zero-order valence-corrected chi connectivity index (χ0v) is 12.3. The van der Waals surface area contributed by atoms with Crippen molar-refractivity contribution in [3.63, 3.8) is 0 Å². The molecule has 0 aliphatic heterocycles. The maximum Gasteiger partial charge on any atom is 0.387 e. The molecular weight excluding hydrogens is 276 g/mol. The molecule has 0 saturated carbocycles. The van der Waals surface area contributed by atoms with Gasteiger partial charge in [0.05, 0.1) is 6.20 Å². The summed E-state index contributed by atoms with van der Waals surface area (Å²) in [4.78, 5) is 0. The molecule has 0 saturated heterocycles. The lowest BCUT2D eigenvalue weighted by atomic mass is 10.1. The molecule has 0 aliphatic carbocycles. The van der Waals surface area contributed by atoms with Gasteiger partial charge in [-0.15, -0.1) is 0 Å². The Balaban J connectivity index is 1.92. The Morgan fingerprint density at radius 2 is 1.95 bits per heavy atom. The van der Waals surface area contributed by atoms with Gasteiger partial charge in [0, 0.05) is 30.9 Å². The maximum atomic E-state index is 12.1. The van der Waals surface area contributed by atoms with Gasteiger partial charge in [0.2, 0.25) is 0 Å². The molecule has 114 valence electrons. The van der Waals surface area contributed by atoms with Crippen LogP contribution in [0.25, 0.3) is 0 Å². The number of benzene rings is 1. The standard InChI is InChI=1S/C15H19F2N3O/c1-10(14-9-19-20(3)11(14)2)18-8-12-4-6-13(7-5-12)21-15(16)17/h4-7,9-10,15,18H,8H2,1-3H3. The van der Waals surface area contributed by atoms with Gasteiger partial charge >= 0.3 is 6.61 Å². The van der Waals surface area contributed by atoms with Gasteiger partial charge in [-0.05, 0) is 31.5 Å². The molecule has 4 nitrogen and oxygen atoms in total. The highest BCUT2D eigenvalue weighted by Gasteiger charge is 2.11. The molecule has 2 aromatic rings. The smallest absolute Gasteiger partial charge is 0.387 e. The van der Waals surface area contributed by atoms with Gasteiger partial charge in [-0.3, -0.25) is 4.68 Å². The predicted molar refractivity (Wildman–Crippen MR) is 76.3 cm³/mol. The fourth-order valence-electron chi connectivity index (χ4n) is 2.11. The topological polar surface area (TPSA) is 39.1 Å². The highest BCUT2D eigenvalue weighted by molar-refractivity contribution is 5.27. The van der Waals surface area contributed by atoms with Crippen LogP contribution in [0, 0.1) is 6.92 Å². The van der Waals surface area contributed by atoms with E-state index in [-0.39, 0.29) is 11.8 Å². The van der Waals surface area contributed by atoms with E-state index in [2.05, 4.69) is 22.1 Å². The minimum Gasteiger partial charge on any atom is -0.435 e. The molecule has 1 aromatic carbocycles. The molecule has 1 aromatic heterocycles. The minimum atomic E-state index is -2.79. The summed E-state index contributed by atoms with van der Waals surface area (Å²) in [5.74, 6) is 0.171. The summed E-state index contributed by atoms with van der Waals surface area (Å²) in [5.41, 5.74) is 3.27. The van der Waals surface area contributed by atoms with Gasteiger partial charge in [0.25, 0.3) is 0 Å². The van der Waals surface area contributed by atoms with Crippen LogP contribution in [0.2, 0.25) is 0 Å². The van der Waals surface area contributed by atoms with Gasteiger partial charge in [0.15, 0.2) is 0 Å². The molecule has 0 spiro atoms. The summed E-state index contributed by atoms with van der Waals surface area (Å²) < 4.78 is 30.3. The van der Waals surface area contributed by atoms with Crippen LogP contribution in [0.5, 0.6) is 5.75 Å². The molecular formula is C15H19F2N3O. The van der Waals surface area contributed by atoms with Crippen molar-refractivity contribution in [2.24, 2.45) is 7.05 Å². The van der Waals surface area contributed by atoms with E-state index in [1.807, 2.05) is 24.9 Å². The Kier molecular flexibility index (Phi) is 4.90. The first-order chi connectivity index (χ1) is 9.97. The summed E-state index contributed by atoms with van der Waals surface area (Å²) >= 11 is 0. The van der Waals surface area contributed by atoms with E-state index in [4.69, 9.17) is 0 Å². The number of halogens is 2. The summed E-state index contributed by atoms with van der Waals surface area (Å²) in [7, 11) is 1.91. The van der Waals surface area contributed by atoms with E-state index in [0.717, 1.165) is 16.8 Å². The lowest BCUT2D eigenvalue weighted by molar-refractivity contribution is -0.0498. The van der Waals surface area contributed by atoms with Crippen molar-refractivity contribution in [1.82, 2.24) is 15.1 Å². The highest BCUT2D eigenvalue weighted by Crippen LogP contribution is 2.18. The molecule has 0 radical (unpaired) electrons. The number of aromatic nitrogens is 2. The SMILES string of the molecule is Cc1c(C(C)NCc2ccc(OC(F)F)cc2)cnn1C. The van der Waals surface area contributed by atoms with Gasteiger partial charge < -0.3 is 10.1 Å². The normalized spacial score (nSPS) is 12.7. The number of aryl methyl sites for hydroxylation is 1. The van der Waals surface area contributed by atoms with Crippen molar-refractivity contribution >= 4 is 0 Å². The first-order valence-corrected chi connectivity index (χ1v) is 6.73. The maximum absolute atomic E-state index is 12.1. The van der Waals surface area contributed by atoms with Crippen LogP contribution in [0.1, 0.15) is 29.8 Å². The van der Waals surface area contributed by atoms with Crippen LogP contribution >= 0.6 is 0 Å². The predicted octanol–water partition coefficient (Wildman–Crippen LogP) is 3.18. The molecule has 1 N–H and O–H groups in total. The van der Waals surface area contributed by atoms with Crippen molar-refractivity contribution < 1.29 is 13.5 Å². The van der Waals surface area contributed by atoms with Crippen molar-refractivity contribution in [1.29, 1.82) is 0 Å². The molecule has 1 atom stereocenters. The minimum absolute atomic E-state index is 0.163. The quantitative estimate of drug-likeness (QED) is 0.889. The Hall–Kier alpha value is -1.95. The number of rotatable bonds is 6. The highest BCUT2D eigenvalue weighted by atomic mass is 19.3. The summed E-state index contributed by atoms with van der Waals surface area (Å²) in [6.45, 7) is 1.95. The Labute approximate surface area is 122 Å². The zero-order valence-electron chi connectivity index (χ0n) is 12.3. The monoisotopic (exact) mass is 295 g/mol.